The van der Waals surface area contributed by atoms with Crippen molar-refractivity contribution in [3.8, 4) is 0 Å². The van der Waals surface area contributed by atoms with Crippen LogP contribution < -0.4 is 4.90 Å². The molecule has 1 saturated heterocycles. The van der Waals surface area contributed by atoms with Crippen molar-refractivity contribution in [2.24, 2.45) is 0 Å². The molecule has 5 nitrogen and oxygen atoms in total. The van der Waals surface area contributed by atoms with Gasteiger partial charge in [0.2, 0.25) is 0 Å². The summed E-state index contributed by atoms with van der Waals surface area (Å²) in [6.45, 7) is 6.98. The highest BCUT2D eigenvalue weighted by Gasteiger charge is 2.32. The number of alkyl halides is 3. The zero-order valence-electron chi connectivity index (χ0n) is 14.4. The average Bonchev–Trinajstić information content (AvgIpc) is 2.69. The summed E-state index contributed by atoms with van der Waals surface area (Å²) in [6, 6.07) is 1.78. The van der Waals surface area contributed by atoms with E-state index in [1.165, 1.54) is 0 Å². The minimum absolute atomic E-state index is 0.158. The molecule has 0 aromatic carbocycles. The number of carbonyl (C=O) groups is 1. The molecule has 9 heteroatoms. The number of pyridine rings is 1. The topological polar surface area (TPSA) is 45.7 Å². The number of aromatic nitrogens is 1. The van der Waals surface area contributed by atoms with E-state index in [9.17, 15) is 18.0 Å². The van der Waals surface area contributed by atoms with Crippen LogP contribution >= 0.6 is 11.6 Å². The number of nitrogens with zero attached hydrogens (tertiary/aromatic N) is 3. The predicted octanol–water partition coefficient (Wildman–Crippen LogP) is 4.20. The lowest BCUT2D eigenvalue weighted by Crippen LogP contribution is -2.39. The van der Waals surface area contributed by atoms with Crippen molar-refractivity contribution < 1.29 is 22.7 Å². The highest BCUT2D eigenvalue weighted by Crippen LogP contribution is 2.33. The fraction of sp³-hybridized carbons (Fsp3) is 0.625. The van der Waals surface area contributed by atoms with Gasteiger partial charge in [0.15, 0.2) is 0 Å². The Morgan fingerprint density at radius 2 is 1.84 bits per heavy atom. The van der Waals surface area contributed by atoms with Gasteiger partial charge in [-0.05, 0) is 39.3 Å². The van der Waals surface area contributed by atoms with Crippen LogP contribution in [0.2, 0.25) is 5.15 Å². The fourth-order valence-corrected chi connectivity index (χ4v) is 2.67. The molecule has 1 aliphatic rings. The maximum atomic E-state index is 12.9. The normalized spacial score (nSPS) is 16.6. The van der Waals surface area contributed by atoms with Crippen LogP contribution in [0.5, 0.6) is 0 Å². The third-order valence-electron chi connectivity index (χ3n) is 3.58. The molecule has 0 radical (unpaired) electrons. The Morgan fingerprint density at radius 1 is 1.16 bits per heavy atom. The number of anilines is 1. The van der Waals surface area contributed by atoms with Gasteiger partial charge < -0.3 is 14.5 Å². The molecule has 140 valence electrons. The van der Waals surface area contributed by atoms with Crippen LogP contribution in [0, 0.1) is 0 Å². The highest BCUT2D eigenvalue weighted by molar-refractivity contribution is 6.29. The van der Waals surface area contributed by atoms with Crippen molar-refractivity contribution in [3.63, 3.8) is 0 Å². The number of rotatable bonds is 1. The van der Waals surface area contributed by atoms with E-state index in [0.29, 0.717) is 32.6 Å². The summed E-state index contributed by atoms with van der Waals surface area (Å²) in [5, 5.41) is -0.210. The number of ether oxygens (including phenoxy) is 1. The second-order valence-corrected chi connectivity index (χ2v) is 7.23. The van der Waals surface area contributed by atoms with Gasteiger partial charge in [0.1, 0.15) is 16.6 Å². The smallest absolute Gasteiger partial charge is 0.416 e. The number of hydrogen-bond donors (Lipinski definition) is 0. The van der Waals surface area contributed by atoms with Crippen LogP contribution in [-0.4, -0.2) is 47.8 Å². The molecule has 25 heavy (non-hydrogen) atoms. The van der Waals surface area contributed by atoms with E-state index in [4.69, 9.17) is 16.3 Å². The number of amides is 1. The van der Waals surface area contributed by atoms with Crippen molar-refractivity contribution >= 4 is 23.5 Å². The van der Waals surface area contributed by atoms with Crippen molar-refractivity contribution in [3.05, 3.63) is 22.8 Å². The Labute approximate surface area is 149 Å². The van der Waals surface area contributed by atoms with Crippen molar-refractivity contribution in [1.29, 1.82) is 0 Å². The summed E-state index contributed by atoms with van der Waals surface area (Å²) in [4.78, 5) is 19.4. The second-order valence-electron chi connectivity index (χ2n) is 6.84. The maximum Gasteiger partial charge on any atom is 0.416 e. The van der Waals surface area contributed by atoms with E-state index in [-0.39, 0.29) is 11.0 Å². The molecule has 2 rings (SSSR count). The van der Waals surface area contributed by atoms with E-state index < -0.39 is 23.4 Å². The van der Waals surface area contributed by atoms with Gasteiger partial charge in [-0.15, -0.1) is 0 Å². The lowest BCUT2D eigenvalue weighted by molar-refractivity contribution is -0.137. The quantitative estimate of drug-likeness (QED) is 0.686. The summed E-state index contributed by atoms with van der Waals surface area (Å²) in [5.41, 5.74) is -1.44. The van der Waals surface area contributed by atoms with Crippen molar-refractivity contribution in [1.82, 2.24) is 9.88 Å². The first-order valence-electron chi connectivity index (χ1n) is 7.93. The first-order chi connectivity index (χ1) is 11.5. The summed E-state index contributed by atoms with van der Waals surface area (Å²) >= 11 is 5.75. The molecule has 1 aromatic rings. The van der Waals surface area contributed by atoms with Crippen LogP contribution in [0.15, 0.2) is 12.1 Å². The van der Waals surface area contributed by atoms with Crippen LogP contribution in [0.1, 0.15) is 32.8 Å². The van der Waals surface area contributed by atoms with Gasteiger partial charge >= 0.3 is 12.3 Å². The summed E-state index contributed by atoms with van der Waals surface area (Å²) in [7, 11) is 0. The Bertz CT molecular complexity index is 632. The van der Waals surface area contributed by atoms with E-state index >= 15 is 0 Å². The van der Waals surface area contributed by atoms with Gasteiger partial charge in [-0.25, -0.2) is 9.78 Å². The van der Waals surface area contributed by atoms with E-state index in [1.807, 2.05) is 0 Å². The molecule has 0 saturated carbocycles. The molecule has 0 spiro atoms. The molecular formula is C16H21ClF3N3O2. The predicted molar refractivity (Wildman–Crippen MR) is 88.9 cm³/mol. The molecule has 0 bridgehead atoms. The van der Waals surface area contributed by atoms with Gasteiger partial charge in [-0.2, -0.15) is 13.2 Å². The van der Waals surface area contributed by atoms with Crippen LogP contribution in [0.3, 0.4) is 0 Å². The Morgan fingerprint density at radius 3 is 2.44 bits per heavy atom. The standard InChI is InChI=1S/C16H21ClF3N3O2/c1-15(2,3)25-14(24)23-6-4-5-22(7-8-23)13-10-11(16(18,19)20)9-12(17)21-13/h9-10H,4-8H2,1-3H3. The zero-order valence-corrected chi connectivity index (χ0v) is 15.1. The first kappa shape index (κ1) is 19.6. The molecule has 1 aliphatic heterocycles. The van der Waals surface area contributed by atoms with Crippen molar-refractivity contribution in [2.75, 3.05) is 31.1 Å². The minimum Gasteiger partial charge on any atom is -0.444 e. The summed E-state index contributed by atoms with van der Waals surface area (Å²) < 4.78 is 44.2. The number of carbonyl (C=O) groups excluding carboxylic acids is 1. The first-order valence-corrected chi connectivity index (χ1v) is 8.31. The third kappa shape index (κ3) is 5.66. The molecule has 1 aromatic heterocycles. The molecule has 2 heterocycles. The van der Waals surface area contributed by atoms with Gasteiger partial charge in [-0.1, -0.05) is 11.6 Å². The van der Waals surface area contributed by atoms with E-state index in [2.05, 4.69) is 4.98 Å². The van der Waals surface area contributed by atoms with Crippen molar-refractivity contribution in [2.45, 2.75) is 39.0 Å². The number of halogens is 4. The Kier molecular flexibility index (Phi) is 5.71. The van der Waals surface area contributed by atoms with Crippen LogP contribution in [0.4, 0.5) is 23.8 Å². The summed E-state index contributed by atoms with van der Waals surface area (Å²) in [6.07, 6.45) is -4.32. The summed E-state index contributed by atoms with van der Waals surface area (Å²) in [5.74, 6) is 0.158. The molecule has 1 fully saturated rings. The monoisotopic (exact) mass is 379 g/mol. The molecule has 0 atom stereocenters. The van der Waals surface area contributed by atoms with Gasteiger partial charge in [-0.3, -0.25) is 0 Å². The second kappa shape index (κ2) is 7.27. The molecule has 0 unspecified atom stereocenters. The third-order valence-corrected chi connectivity index (χ3v) is 3.77. The largest absolute Gasteiger partial charge is 0.444 e. The van der Waals surface area contributed by atoms with E-state index in [0.717, 1.165) is 12.1 Å². The zero-order chi connectivity index (χ0) is 18.8. The Balaban J connectivity index is 2.11. The van der Waals surface area contributed by atoms with Crippen LogP contribution in [-0.2, 0) is 10.9 Å². The van der Waals surface area contributed by atoms with Gasteiger partial charge in [0, 0.05) is 26.2 Å². The molecular weight excluding hydrogens is 359 g/mol. The highest BCUT2D eigenvalue weighted by atomic mass is 35.5. The maximum absolute atomic E-state index is 12.9. The average molecular weight is 380 g/mol. The molecule has 0 aliphatic carbocycles. The van der Waals surface area contributed by atoms with Crippen LogP contribution in [0.25, 0.3) is 0 Å². The molecule has 0 N–H and O–H groups in total. The SMILES string of the molecule is CC(C)(C)OC(=O)N1CCCN(c2cc(C(F)(F)F)cc(Cl)n2)CC1. The fourth-order valence-electron chi connectivity index (χ4n) is 2.46. The lowest BCUT2D eigenvalue weighted by Gasteiger charge is -2.26. The van der Waals surface area contributed by atoms with Gasteiger partial charge in [0.05, 0.1) is 5.56 Å². The molecule has 1 amide bonds. The Hall–Kier alpha value is -1.70. The number of hydrogen-bond acceptors (Lipinski definition) is 4. The minimum atomic E-state index is -4.49. The van der Waals surface area contributed by atoms with Gasteiger partial charge in [0.25, 0.3) is 0 Å². The van der Waals surface area contributed by atoms with E-state index in [1.54, 1.807) is 30.6 Å². The lowest BCUT2D eigenvalue weighted by atomic mass is 10.2.